The fraction of sp³-hybridized carbons (Fsp3) is 0. The van der Waals surface area contributed by atoms with Gasteiger partial charge < -0.3 is 0 Å². The van der Waals surface area contributed by atoms with Crippen LogP contribution in [0.15, 0.2) is 60.7 Å². The third kappa shape index (κ3) is 5.18. The van der Waals surface area contributed by atoms with Crippen molar-refractivity contribution >= 4 is 40.0 Å². The van der Waals surface area contributed by atoms with Crippen molar-refractivity contribution < 1.29 is 17.1 Å². The Morgan fingerprint density at radius 3 is 1.07 bits per heavy atom. The van der Waals surface area contributed by atoms with Crippen molar-refractivity contribution in [3.8, 4) is 11.1 Å². The Kier molecular flexibility index (Phi) is 11.1. The Morgan fingerprint density at radius 2 is 0.800 bits per heavy atom. The Bertz CT molecular complexity index is 313. The van der Waals surface area contributed by atoms with E-state index in [9.17, 15) is 0 Å². The van der Waals surface area contributed by atoms with Gasteiger partial charge in [0.1, 0.15) is 0 Å². The van der Waals surface area contributed by atoms with E-state index in [4.69, 9.17) is 0 Å². The molecule has 2 rings (SSSR count). The molecule has 1 radical (unpaired) electrons. The molecular formula is C12H13BrCuMg. The van der Waals surface area contributed by atoms with Crippen LogP contribution < -0.4 is 0 Å². The van der Waals surface area contributed by atoms with E-state index in [1.54, 1.807) is 0 Å². The zero-order valence-corrected chi connectivity index (χ0v) is 10.1. The van der Waals surface area contributed by atoms with Gasteiger partial charge in [0.25, 0.3) is 0 Å². The van der Waals surface area contributed by atoms with Crippen LogP contribution in [0.25, 0.3) is 11.1 Å². The van der Waals surface area contributed by atoms with E-state index in [1.165, 1.54) is 11.1 Å². The Hall–Kier alpha value is 0.206. The molecule has 0 aliphatic carbocycles. The fourth-order valence-electron chi connectivity index (χ4n) is 1.26. The van der Waals surface area contributed by atoms with Crippen molar-refractivity contribution in [3.63, 3.8) is 0 Å². The average molecular weight is 325 g/mol. The van der Waals surface area contributed by atoms with Crippen molar-refractivity contribution in [2.45, 2.75) is 0 Å². The molecule has 0 aliphatic rings. The molecule has 0 atom stereocenters. The topological polar surface area (TPSA) is 0 Å². The number of hydrogen-bond acceptors (Lipinski definition) is 0. The molecule has 3 heteroatoms. The number of benzene rings is 2. The number of rotatable bonds is 1. The first-order chi connectivity index (χ1) is 5.97. The number of hydrogen-bond donors (Lipinski definition) is 0. The molecule has 0 N–H and O–H groups in total. The molecule has 81 valence electrons. The summed E-state index contributed by atoms with van der Waals surface area (Å²) in [5.41, 5.74) is 2.55. The normalized spacial score (nSPS) is 7.73. The summed E-state index contributed by atoms with van der Waals surface area (Å²) >= 11 is 0. The maximum Gasteiger partial charge on any atom is 0.316 e. The van der Waals surface area contributed by atoms with Gasteiger partial charge in [-0.05, 0) is 11.1 Å². The minimum atomic E-state index is 0. The van der Waals surface area contributed by atoms with Crippen LogP contribution in [0.3, 0.4) is 0 Å². The van der Waals surface area contributed by atoms with Crippen LogP contribution in [-0.2, 0) is 17.1 Å². The van der Waals surface area contributed by atoms with Crippen LogP contribution in [0.1, 0.15) is 0 Å². The molecule has 0 aliphatic heterocycles. The van der Waals surface area contributed by atoms with E-state index in [0.29, 0.717) is 0 Å². The maximum atomic E-state index is 2.12. The van der Waals surface area contributed by atoms with Crippen molar-refractivity contribution in [2.24, 2.45) is 0 Å². The predicted molar refractivity (Wildman–Crippen MR) is 70.7 cm³/mol. The molecule has 0 fully saturated rings. The Morgan fingerprint density at radius 1 is 0.533 bits per heavy atom. The third-order valence-corrected chi connectivity index (χ3v) is 1.88. The van der Waals surface area contributed by atoms with Crippen molar-refractivity contribution in [1.29, 1.82) is 0 Å². The summed E-state index contributed by atoms with van der Waals surface area (Å²) in [5.74, 6) is 0. The molecule has 15 heavy (non-hydrogen) atoms. The van der Waals surface area contributed by atoms with Gasteiger partial charge in [-0.1, -0.05) is 60.7 Å². The number of halogens is 1. The monoisotopic (exact) mass is 323 g/mol. The van der Waals surface area contributed by atoms with Gasteiger partial charge >= 0.3 is 23.1 Å². The summed E-state index contributed by atoms with van der Waals surface area (Å²) in [6, 6.07) is 20.8. The second-order valence-electron chi connectivity index (χ2n) is 2.73. The molecule has 2 aromatic rings. The zero-order valence-electron chi connectivity index (χ0n) is 7.48. The quantitative estimate of drug-likeness (QED) is 0.707. The molecule has 2 aromatic carbocycles. The van der Waals surface area contributed by atoms with Crippen LogP contribution in [0.4, 0.5) is 0 Å². The summed E-state index contributed by atoms with van der Waals surface area (Å²) in [6.07, 6.45) is 0. The van der Waals surface area contributed by atoms with Crippen molar-refractivity contribution in [2.75, 3.05) is 0 Å². The first-order valence-corrected chi connectivity index (χ1v) is 4.07. The third-order valence-electron chi connectivity index (χ3n) is 1.88. The standard InChI is InChI=1S/C12H10.BrH.Cu.Mg.2H/c1-3-7-11(8-4-1)12-9-5-2-6-10-12;;;;;/h1-10H;1H;;;;. The predicted octanol–water partition coefficient (Wildman–Crippen LogP) is 3.01. The molecular weight excluding hydrogens is 312 g/mol. The minimum Gasteiger partial charge on any atom is -0.114 e. The first-order valence-electron chi connectivity index (χ1n) is 4.07. The van der Waals surface area contributed by atoms with Crippen molar-refractivity contribution in [1.82, 2.24) is 0 Å². The summed E-state index contributed by atoms with van der Waals surface area (Å²) in [7, 11) is 0. The van der Waals surface area contributed by atoms with Gasteiger partial charge in [-0.3, -0.25) is 0 Å². The molecule has 0 unspecified atom stereocenters. The van der Waals surface area contributed by atoms with Crippen LogP contribution >= 0.6 is 17.0 Å². The van der Waals surface area contributed by atoms with Gasteiger partial charge in [0.2, 0.25) is 0 Å². The van der Waals surface area contributed by atoms with E-state index in [1.807, 2.05) is 12.1 Å². The molecule has 0 saturated heterocycles. The molecule has 0 saturated carbocycles. The largest absolute Gasteiger partial charge is 0.316 e. The summed E-state index contributed by atoms with van der Waals surface area (Å²) in [4.78, 5) is 0. The van der Waals surface area contributed by atoms with Crippen LogP contribution in [0.5, 0.6) is 0 Å². The van der Waals surface area contributed by atoms with E-state index < -0.39 is 0 Å². The zero-order chi connectivity index (χ0) is 8.23. The second kappa shape index (κ2) is 9.43. The van der Waals surface area contributed by atoms with E-state index in [-0.39, 0.29) is 57.1 Å². The SMILES string of the molecule is Br.[Cu].[MgH2].c1ccc(-c2ccccc2)cc1. The van der Waals surface area contributed by atoms with Gasteiger partial charge in [-0.25, -0.2) is 0 Å². The second-order valence-corrected chi connectivity index (χ2v) is 2.73. The maximum absolute atomic E-state index is 2.12. The Labute approximate surface area is 128 Å². The van der Waals surface area contributed by atoms with Gasteiger partial charge in [-0.2, -0.15) is 0 Å². The van der Waals surface area contributed by atoms with Crippen molar-refractivity contribution in [3.05, 3.63) is 60.7 Å². The van der Waals surface area contributed by atoms with Crippen LogP contribution in [0.2, 0.25) is 0 Å². The smallest absolute Gasteiger partial charge is 0.114 e. The van der Waals surface area contributed by atoms with Gasteiger partial charge in [0.05, 0.1) is 0 Å². The molecule has 0 nitrogen and oxygen atoms in total. The molecule has 0 spiro atoms. The average Bonchev–Trinajstić information content (AvgIpc) is 2.21. The van der Waals surface area contributed by atoms with E-state index >= 15 is 0 Å². The van der Waals surface area contributed by atoms with E-state index in [0.717, 1.165) is 0 Å². The first kappa shape index (κ1) is 17.6. The Balaban J connectivity index is 0. The summed E-state index contributed by atoms with van der Waals surface area (Å²) in [5, 5.41) is 0. The summed E-state index contributed by atoms with van der Waals surface area (Å²) in [6.45, 7) is 0. The minimum absolute atomic E-state index is 0. The molecule has 0 heterocycles. The fourth-order valence-corrected chi connectivity index (χ4v) is 1.26. The molecule has 0 amide bonds. The van der Waals surface area contributed by atoms with E-state index in [2.05, 4.69) is 48.5 Å². The molecule has 0 bridgehead atoms. The van der Waals surface area contributed by atoms with Crippen LogP contribution in [-0.4, -0.2) is 23.1 Å². The van der Waals surface area contributed by atoms with Gasteiger partial charge in [-0.15, -0.1) is 17.0 Å². The van der Waals surface area contributed by atoms with Gasteiger partial charge in [0.15, 0.2) is 0 Å². The van der Waals surface area contributed by atoms with Crippen LogP contribution in [0, 0.1) is 0 Å². The van der Waals surface area contributed by atoms with Gasteiger partial charge in [0, 0.05) is 17.1 Å². The molecule has 0 aromatic heterocycles. The summed E-state index contributed by atoms with van der Waals surface area (Å²) < 4.78 is 0.